The van der Waals surface area contributed by atoms with Gasteiger partial charge in [-0.2, -0.15) is 0 Å². The molecule has 0 bridgehead atoms. The molecule has 3 heteroatoms. The predicted molar refractivity (Wildman–Crippen MR) is 62.7 cm³/mol. The summed E-state index contributed by atoms with van der Waals surface area (Å²) in [7, 11) is 0. The van der Waals surface area contributed by atoms with Crippen LogP contribution in [-0.4, -0.2) is 12.7 Å². The van der Waals surface area contributed by atoms with Crippen molar-refractivity contribution in [3.8, 4) is 0 Å². The van der Waals surface area contributed by atoms with Crippen LogP contribution in [0.5, 0.6) is 0 Å². The number of rotatable bonds is 1. The highest BCUT2D eigenvalue weighted by Crippen LogP contribution is 2.39. The van der Waals surface area contributed by atoms with Crippen molar-refractivity contribution in [2.75, 3.05) is 16.9 Å². The highest BCUT2D eigenvalue weighted by molar-refractivity contribution is 9.10. The maximum Gasteiger partial charge on any atom is 0.0880 e. The smallest absolute Gasteiger partial charge is 0.0880 e. The van der Waals surface area contributed by atoms with Crippen molar-refractivity contribution in [2.45, 2.75) is 25.3 Å². The van der Waals surface area contributed by atoms with E-state index < -0.39 is 0 Å². The van der Waals surface area contributed by atoms with E-state index >= 15 is 0 Å². The zero-order valence-corrected chi connectivity index (χ0v) is 9.55. The highest BCUT2D eigenvalue weighted by atomic mass is 79.9. The van der Waals surface area contributed by atoms with E-state index in [1.807, 2.05) is 0 Å². The van der Waals surface area contributed by atoms with Gasteiger partial charge >= 0.3 is 0 Å². The van der Waals surface area contributed by atoms with Crippen LogP contribution in [0.25, 0.3) is 0 Å². The minimum absolute atomic E-state index is 0.776. The molecule has 0 unspecified atom stereocenters. The first-order chi connectivity index (χ1) is 6.84. The molecule has 1 aliphatic heterocycles. The van der Waals surface area contributed by atoms with Gasteiger partial charge in [-0.1, -0.05) is 15.9 Å². The van der Waals surface area contributed by atoms with Gasteiger partial charge in [0.2, 0.25) is 0 Å². The molecule has 1 aromatic rings. The second-order valence-electron chi connectivity index (χ2n) is 4.05. The Morgan fingerprint density at radius 2 is 2.21 bits per heavy atom. The summed E-state index contributed by atoms with van der Waals surface area (Å²) >= 11 is 3.53. The quantitative estimate of drug-likeness (QED) is 0.826. The van der Waals surface area contributed by atoms with Crippen molar-refractivity contribution in [2.24, 2.45) is 0 Å². The largest absolute Gasteiger partial charge is 0.366 e. The Hall–Kier alpha value is -0.700. The van der Waals surface area contributed by atoms with E-state index in [0.29, 0.717) is 0 Å². The van der Waals surface area contributed by atoms with Crippen molar-refractivity contribution in [1.82, 2.24) is 0 Å². The fraction of sp³-hybridized carbons (Fsp3) is 0.455. The van der Waals surface area contributed by atoms with Gasteiger partial charge < -0.3 is 10.2 Å². The molecule has 1 saturated carbocycles. The highest BCUT2D eigenvalue weighted by Gasteiger charge is 2.29. The third-order valence-corrected chi connectivity index (χ3v) is 3.72. The van der Waals surface area contributed by atoms with Crippen LogP contribution in [-0.2, 0) is 0 Å². The summed E-state index contributed by atoms with van der Waals surface area (Å²) in [5.74, 6) is 0. The van der Waals surface area contributed by atoms with Gasteiger partial charge in [0.1, 0.15) is 0 Å². The Morgan fingerprint density at radius 1 is 1.36 bits per heavy atom. The van der Waals surface area contributed by atoms with Crippen molar-refractivity contribution in [3.05, 3.63) is 22.7 Å². The summed E-state index contributed by atoms with van der Waals surface area (Å²) in [6.07, 6.45) is 4.10. The van der Waals surface area contributed by atoms with Crippen LogP contribution in [0.1, 0.15) is 19.3 Å². The molecule has 1 aromatic carbocycles. The Morgan fingerprint density at radius 3 is 2.93 bits per heavy atom. The lowest BCUT2D eigenvalue weighted by molar-refractivity contribution is 0.395. The summed E-state index contributed by atoms with van der Waals surface area (Å²) in [6.45, 7) is 0.983. The number of anilines is 2. The summed E-state index contributed by atoms with van der Waals surface area (Å²) in [4.78, 5) is 2.49. The molecule has 1 aliphatic carbocycles. The minimum atomic E-state index is 0.776. The normalized spacial score (nSPS) is 20.2. The molecular formula is C11H13BrN2. The van der Waals surface area contributed by atoms with Crippen molar-refractivity contribution in [1.29, 1.82) is 0 Å². The maximum atomic E-state index is 3.53. The minimum Gasteiger partial charge on any atom is -0.366 e. The molecule has 14 heavy (non-hydrogen) atoms. The fourth-order valence-electron chi connectivity index (χ4n) is 2.17. The van der Waals surface area contributed by atoms with E-state index in [0.717, 1.165) is 12.7 Å². The van der Waals surface area contributed by atoms with Gasteiger partial charge in [-0.15, -0.1) is 0 Å². The first-order valence-corrected chi connectivity index (χ1v) is 5.94. The fourth-order valence-corrected chi connectivity index (χ4v) is 2.52. The molecule has 2 nitrogen and oxygen atoms in total. The van der Waals surface area contributed by atoms with Crippen LogP contribution in [0.3, 0.4) is 0 Å². The third kappa shape index (κ3) is 1.22. The SMILES string of the molecule is Brc1ccc2c(c1)N(C1CCC1)CN2. The van der Waals surface area contributed by atoms with Crippen LogP contribution in [0.2, 0.25) is 0 Å². The van der Waals surface area contributed by atoms with Crippen LogP contribution in [0.4, 0.5) is 11.4 Å². The molecule has 1 fully saturated rings. The van der Waals surface area contributed by atoms with Gasteiger partial charge in [0, 0.05) is 10.5 Å². The standard InChI is InChI=1S/C11H13BrN2/c12-8-4-5-10-11(6-8)14(7-13-10)9-2-1-3-9/h4-6,9,13H,1-3,7H2. The number of hydrogen-bond donors (Lipinski definition) is 1. The summed E-state index contributed by atoms with van der Waals surface area (Å²) in [6, 6.07) is 7.24. The lowest BCUT2D eigenvalue weighted by Crippen LogP contribution is -2.39. The molecule has 0 aromatic heterocycles. The average Bonchev–Trinajstić information content (AvgIpc) is 2.46. The molecule has 74 valence electrons. The number of nitrogens with one attached hydrogen (secondary N) is 1. The number of hydrogen-bond acceptors (Lipinski definition) is 2. The average molecular weight is 253 g/mol. The molecule has 3 rings (SSSR count). The van der Waals surface area contributed by atoms with Crippen LogP contribution in [0.15, 0.2) is 22.7 Å². The van der Waals surface area contributed by atoms with Gasteiger partial charge in [0.25, 0.3) is 0 Å². The van der Waals surface area contributed by atoms with Gasteiger partial charge in [0.15, 0.2) is 0 Å². The van der Waals surface area contributed by atoms with Gasteiger partial charge in [-0.3, -0.25) is 0 Å². The molecule has 2 aliphatic rings. The number of benzene rings is 1. The van der Waals surface area contributed by atoms with Gasteiger partial charge in [0.05, 0.1) is 18.0 Å². The van der Waals surface area contributed by atoms with E-state index in [9.17, 15) is 0 Å². The number of fused-ring (bicyclic) bond motifs is 1. The molecular weight excluding hydrogens is 240 g/mol. The molecule has 0 radical (unpaired) electrons. The Bertz CT molecular complexity index is 360. The van der Waals surface area contributed by atoms with Crippen molar-refractivity contribution < 1.29 is 0 Å². The van der Waals surface area contributed by atoms with Crippen LogP contribution in [0, 0.1) is 0 Å². The zero-order valence-electron chi connectivity index (χ0n) is 7.96. The lowest BCUT2D eigenvalue weighted by atomic mass is 9.91. The van der Waals surface area contributed by atoms with Crippen molar-refractivity contribution >= 4 is 27.3 Å². The van der Waals surface area contributed by atoms with E-state index in [1.54, 1.807) is 0 Å². The molecule has 1 N–H and O–H groups in total. The molecule has 0 spiro atoms. The van der Waals surface area contributed by atoms with E-state index in [4.69, 9.17) is 0 Å². The van der Waals surface area contributed by atoms with Crippen LogP contribution < -0.4 is 10.2 Å². The van der Waals surface area contributed by atoms with Gasteiger partial charge in [-0.25, -0.2) is 0 Å². The molecule has 1 heterocycles. The Labute approximate surface area is 92.4 Å². The Kier molecular flexibility index (Phi) is 1.94. The summed E-state index contributed by atoms with van der Waals surface area (Å²) < 4.78 is 1.17. The lowest BCUT2D eigenvalue weighted by Gasteiger charge is -2.35. The summed E-state index contributed by atoms with van der Waals surface area (Å²) in [5.41, 5.74) is 2.64. The monoisotopic (exact) mass is 252 g/mol. The zero-order chi connectivity index (χ0) is 9.54. The molecule has 0 saturated heterocycles. The van der Waals surface area contributed by atoms with E-state index in [1.165, 1.54) is 35.1 Å². The second-order valence-corrected chi connectivity index (χ2v) is 4.97. The van der Waals surface area contributed by atoms with Gasteiger partial charge in [-0.05, 0) is 37.5 Å². The third-order valence-electron chi connectivity index (χ3n) is 3.22. The second kappa shape index (κ2) is 3.16. The van der Waals surface area contributed by atoms with Crippen LogP contribution >= 0.6 is 15.9 Å². The van der Waals surface area contributed by atoms with E-state index in [-0.39, 0.29) is 0 Å². The topological polar surface area (TPSA) is 15.3 Å². The predicted octanol–water partition coefficient (Wildman–Crippen LogP) is 3.19. The van der Waals surface area contributed by atoms with Crippen molar-refractivity contribution in [3.63, 3.8) is 0 Å². The molecule has 0 atom stereocenters. The maximum absolute atomic E-state index is 3.53. The first-order valence-electron chi connectivity index (χ1n) is 5.15. The number of nitrogens with zero attached hydrogens (tertiary/aromatic N) is 1. The summed E-state index contributed by atoms with van der Waals surface area (Å²) in [5, 5.41) is 3.43. The first kappa shape index (κ1) is 8.60. The molecule has 0 amide bonds. The number of halogens is 1. The van der Waals surface area contributed by atoms with E-state index in [2.05, 4.69) is 44.3 Å². The Balaban J connectivity index is 1.95.